The van der Waals surface area contributed by atoms with Crippen molar-refractivity contribution in [2.45, 2.75) is 0 Å². The molecule has 0 fully saturated rings. The van der Waals surface area contributed by atoms with Gasteiger partial charge in [0, 0.05) is 39.6 Å². The molecule has 0 radical (unpaired) electrons. The average molecular weight is 333 g/mol. The van der Waals surface area contributed by atoms with Crippen LogP contribution in [0.1, 0.15) is 0 Å². The predicted octanol–water partition coefficient (Wildman–Crippen LogP) is 5.79. The number of H-pyrrole nitrogens is 1. The molecular weight excluding hydrogens is 318 g/mol. The Morgan fingerprint density at radius 3 is 2.73 bits per heavy atom. The van der Waals surface area contributed by atoms with Crippen LogP contribution in [0.2, 0.25) is 0 Å². The zero-order valence-corrected chi connectivity index (χ0v) is 14.0. The van der Waals surface area contributed by atoms with Gasteiger partial charge >= 0.3 is 0 Å². The molecule has 6 rings (SSSR count). The Morgan fingerprint density at radius 1 is 0.808 bits per heavy atom. The highest BCUT2D eigenvalue weighted by molar-refractivity contribution is 6.13. The fourth-order valence-corrected chi connectivity index (χ4v) is 4.01. The molecule has 0 saturated carbocycles. The van der Waals surface area contributed by atoms with E-state index >= 15 is 0 Å². The molecule has 0 aliphatic carbocycles. The molecular formula is C23H15N3. The SMILES string of the molecule is c1cc(-c2nc3ccccc3c3cc4ccccn4c23)c2[nH]ccc2c1. The monoisotopic (exact) mass is 333 g/mol. The Hall–Kier alpha value is -3.59. The second kappa shape index (κ2) is 4.96. The number of fused-ring (bicyclic) bond motifs is 6. The van der Waals surface area contributed by atoms with Crippen molar-refractivity contribution in [1.82, 2.24) is 14.4 Å². The quantitative estimate of drug-likeness (QED) is 0.406. The Kier molecular flexibility index (Phi) is 2.61. The molecule has 4 aromatic heterocycles. The van der Waals surface area contributed by atoms with E-state index in [1.54, 1.807) is 0 Å². The van der Waals surface area contributed by atoms with Crippen LogP contribution in [0, 0.1) is 0 Å². The number of aromatic amines is 1. The minimum atomic E-state index is 1.01. The summed E-state index contributed by atoms with van der Waals surface area (Å²) in [6, 6.07) is 25.4. The fraction of sp³-hybridized carbons (Fsp3) is 0. The number of para-hydroxylation sites is 2. The summed E-state index contributed by atoms with van der Waals surface area (Å²) in [7, 11) is 0. The number of nitrogens with one attached hydrogen (secondary N) is 1. The zero-order chi connectivity index (χ0) is 17.1. The number of pyridine rings is 2. The van der Waals surface area contributed by atoms with E-state index in [0.717, 1.165) is 27.8 Å². The van der Waals surface area contributed by atoms with Gasteiger partial charge in [-0.25, -0.2) is 4.98 Å². The Morgan fingerprint density at radius 2 is 1.73 bits per heavy atom. The summed E-state index contributed by atoms with van der Waals surface area (Å²) < 4.78 is 2.24. The minimum absolute atomic E-state index is 1.01. The van der Waals surface area contributed by atoms with Gasteiger partial charge in [-0.3, -0.25) is 0 Å². The van der Waals surface area contributed by atoms with Crippen molar-refractivity contribution in [1.29, 1.82) is 0 Å². The first-order valence-electron chi connectivity index (χ1n) is 8.75. The predicted molar refractivity (Wildman–Crippen MR) is 107 cm³/mol. The van der Waals surface area contributed by atoms with Gasteiger partial charge < -0.3 is 9.38 Å². The fourth-order valence-electron chi connectivity index (χ4n) is 4.01. The first-order chi connectivity index (χ1) is 12.9. The topological polar surface area (TPSA) is 33.1 Å². The lowest BCUT2D eigenvalue weighted by atomic mass is 10.0. The highest BCUT2D eigenvalue weighted by Gasteiger charge is 2.16. The van der Waals surface area contributed by atoms with Gasteiger partial charge in [0.05, 0.1) is 22.2 Å². The van der Waals surface area contributed by atoms with Crippen molar-refractivity contribution in [3.05, 3.63) is 85.2 Å². The molecule has 0 unspecified atom stereocenters. The van der Waals surface area contributed by atoms with E-state index in [2.05, 4.69) is 88.4 Å². The third-order valence-electron chi connectivity index (χ3n) is 5.17. The first kappa shape index (κ1) is 13.7. The summed E-state index contributed by atoms with van der Waals surface area (Å²) in [5.74, 6) is 0. The van der Waals surface area contributed by atoms with Gasteiger partial charge in [0.15, 0.2) is 0 Å². The summed E-state index contributed by atoms with van der Waals surface area (Å²) in [6.45, 7) is 0. The number of rotatable bonds is 1. The Labute approximate surface area is 149 Å². The third kappa shape index (κ3) is 1.74. The number of nitrogens with zero attached hydrogens (tertiary/aromatic N) is 2. The lowest BCUT2D eigenvalue weighted by molar-refractivity contribution is 1.24. The summed E-state index contributed by atoms with van der Waals surface area (Å²) in [4.78, 5) is 8.48. The lowest BCUT2D eigenvalue weighted by Gasteiger charge is -2.09. The van der Waals surface area contributed by atoms with Crippen LogP contribution in [0.4, 0.5) is 0 Å². The molecule has 0 bridgehead atoms. The van der Waals surface area contributed by atoms with Gasteiger partial charge in [0.25, 0.3) is 0 Å². The number of hydrogen-bond donors (Lipinski definition) is 1. The van der Waals surface area contributed by atoms with E-state index in [4.69, 9.17) is 4.98 Å². The van der Waals surface area contributed by atoms with Crippen molar-refractivity contribution >= 4 is 38.2 Å². The smallest absolute Gasteiger partial charge is 0.0977 e. The standard InChI is InChI=1S/C23H15N3/c1-2-10-20-17(8-1)19-14-16-7-3-4-13-26(16)23(19)22(25-20)18-9-5-6-15-11-12-24-21(15)18/h1-14,24H. The van der Waals surface area contributed by atoms with Crippen LogP contribution in [0.25, 0.3) is 49.5 Å². The highest BCUT2D eigenvalue weighted by Crippen LogP contribution is 2.36. The van der Waals surface area contributed by atoms with E-state index < -0.39 is 0 Å². The number of benzene rings is 2. The van der Waals surface area contributed by atoms with Gasteiger partial charge in [-0.1, -0.05) is 42.5 Å². The maximum Gasteiger partial charge on any atom is 0.0977 e. The molecule has 3 nitrogen and oxygen atoms in total. The molecule has 0 aliphatic heterocycles. The zero-order valence-electron chi connectivity index (χ0n) is 14.0. The molecule has 0 aliphatic rings. The molecule has 1 N–H and O–H groups in total. The molecule has 3 heteroatoms. The molecule has 6 aromatic rings. The van der Waals surface area contributed by atoms with Crippen LogP contribution in [0.5, 0.6) is 0 Å². The Balaban J connectivity index is 1.89. The second-order valence-electron chi connectivity index (χ2n) is 6.63. The average Bonchev–Trinajstić information content (AvgIpc) is 3.32. The maximum absolute atomic E-state index is 5.08. The van der Waals surface area contributed by atoms with E-state index in [9.17, 15) is 0 Å². The maximum atomic E-state index is 5.08. The summed E-state index contributed by atoms with van der Waals surface area (Å²) in [5, 5.41) is 3.63. The van der Waals surface area contributed by atoms with Crippen LogP contribution in [0.15, 0.2) is 85.2 Å². The normalized spacial score (nSPS) is 11.8. The minimum Gasteiger partial charge on any atom is -0.361 e. The molecule has 0 saturated heterocycles. The van der Waals surface area contributed by atoms with E-state index in [1.807, 2.05) is 6.20 Å². The van der Waals surface area contributed by atoms with E-state index in [-0.39, 0.29) is 0 Å². The van der Waals surface area contributed by atoms with Crippen molar-refractivity contribution in [3.8, 4) is 11.3 Å². The molecule has 0 atom stereocenters. The summed E-state index contributed by atoms with van der Waals surface area (Å²) in [5.41, 5.74) is 6.63. The van der Waals surface area contributed by atoms with Crippen molar-refractivity contribution in [2.75, 3.05) is 0 Å². The molecule has 0 spiro atoms. The van der Waals surface area contributed by atoms with Gasteiger partial charge in [-0.05, 0) is 30.3 Å². The Bertz CT molecular complexity index is 1440. The van der Waals surface area contributed by atoms with Gasteiger partial charge in [-0.2, -0.15) is 0 Å². The van der Waals surface area contributed by atoms with E-state index in [1.165, 1.54) is 21.7 Å². The summed E-state index contributed by atoms with van der Waals surface area (Å²) in [6.07, 6.45) is 4.11. The molecule has 4 heterocycles. The third-order valence-corrected chi connectivity index (χ3v) is 5.17. The van der Waals surface area contributed by atoms with Gasteiger partial charge in [-0.15, -0.1) is 0 Å². The number of hydrogen-bond acceptors (Lipinski definition) is 1. The van der Waals surface area contributed by atoms with Crippen LogP contribution in [0.3, 0.4) is 0 Å². The molecule has 122 valence electrons. The first-order valence-corrected chi connectivity index (χ1v) is 8.75. The van der Waals surface area contributed by atoms with Crippen molar-refractivity contribution in [3.63, 3.8) is 0 Å². The van der Waals surface area contributed by atoms with Gasteiger partial charge in [0.2, 0.25) is 0 Å². The molecule has 2 aromatic carbocycles. The van der Waals surface area contributed by atoms with Crippen molar-refractivity contribution in [2.24, 2.45) is 0 Å². The van der Waals surface area contributed by atoms with Crippen LogP contribution in [-0.2, 0) is 0 Å². The largest absolute Gasteiger partial charge is 0.361 e. The lowest BCUT2D eigenvalue weighted by Crippen LogP contribution is -1.92. The van der Waals surface area contributed by atoms with Crippen LogP contribution in [-0.4, -0.2) is 14.4 Å². The molecule has 26 heavy (non-hydrogen) atoms. The van der Waals surface area contributed by atoms with Crippen LogP contribution >= 0.6 is 0 Å². The van der Waals surface area contributed by atoms with Gasteiger partial charge in [0.1, 0.15) is 0 Å². The van der Waals surface area contributed by atoms with Crippen molar-refractivity contribution < 1.29 is 0 Å². The second-order valence-corrected chi connectivity index (χ2v) is 6.63. The van der Waals surface area contributed by atoms with E-state index in [0.29, 0.717) is 0 Å². The molecule has 0 amide bonds. The summed E-state index contributed by atoms with van der Waals surface area (Å²) >= 11 is 0. The number of aromatic nitrogens is 3. The van der Waals surface area contributed by atoms with Crippen LogP contribution < -0.4 is 0 Å². The highest BCUT2D eigenvalue weighted by atomic mass is 14.9.